The minimum atomic E-state index is -1.08. The molecule has 0 atom stereocenters. The number of carbonyl (C=O) groups is 1. The summed E-state index contributed by atoms with van der Waals surface area (Å²) in [6.45, 7) is 1.11. The molecule has 1 aliphatic rings. The van der Waals surface area contributed by atoms with Crippen LogP contribution >= 0.6 is 11.6 Å². The Morgan fingerprint density at radius 1 is 1.38 bits per heavy atom. The van der Waals surface area contributed by atoms with E-state index in [2.05, 4.69) is 5.10 Å². The van der Waals surface area contributed by atoms with Crippen molar-refractivity contribution in [3.63, 3.8) is 0 Å². The van der Waals surface area contributed by atoms with Gasteiger partial charge in [-0.2, -0.15) is 5.10 Å². The molecule has 0 fully saturated rings. The van der Waals surface area contributed by atoms with Crippen molar-refractivity contribution in [1.29, 1.82) is 0 Å². The van der Waals surface area contributed by atoms with Crippen LogP contribution in [0.15, 0.2) is 18.2 Å². The van der Waals surface area contributed by atoms with Crippen LogP contribution in [-0.2, 0) is 7.05 Å². The maximum Gasteiger partial charge on any atom is 0.356 e. The maximum atomic E-state index is 11.0. The van der Waals surface area contributed by atoms with Crippen molar-refractivity contribution in [2.24, 2.45) is 7.05 Å². The number of aromatic carboxylic acids is 1. The van der Waals surface area contributed by atoms with Crippen molar-refractivity contribution < 1.29 is 19.4 Å². The molecule has 0 saturated carbocycles. The van der Waals surface area contributed by atoms with Crippen LogP contribution in [-0.4, -0.2) is 34.1 Å². The first kappa shape index (κ1) is 13.8. The molecule has 2 aromatic rings. The lowest BCUT2D eigenvalue weighted by Gasteiger charge is -2.12. The second kappa shape index (κ2) is 5.29. The summed E-state index contributed by atoms with van der Waals surface area (Å²) in [5, 5.41) is 13.4. The lowest BCUT2D eigenvalue weighted by molar-refractivity contribution is 0.0689. The Bertz CT molecular complexity index is 711. The number of hydrogen-bond donors (Lipinski definition) is 1. The van der Waals surface area contributed by atoms with Crippen LogP contribution < -0.4 is 9.47 Å². The number of aryl methyl sites for hydroxylation is 1. The zero-order valence-corrected chi connectivity index (χ0v) is 12.1. The molecule has 0 bridgehead atoms. The topological polar surface area (TPSA) is 73.6 Å². The number of ether oxygens (including phenoxy) is 2. The highest BCUT2D eigenvalue weighted by Crippen LogP contribution is 2.42. The van der Waals surface area contributed by atoms with E-state index in [1.165, 1.54) is 10.7 Å². The van der Waals surface area contributed by atoms with Crippen molar-refractivity contribution >= 4 is 17.6 Å². The Morgan fingerprint density at radius 3 is 2.86 bits per heavy atom. The van der Waals surface area contributed by atoms with E-state index in [0.717, 1.165) is 6.42 Å². The van der Waals surface area contributed by atoms with E-state index in [0.29, 0.717) is 41.0 Å². The van der Waals surface area contributed by atoms with Gasteiger partial charge in [0.05, 0.1) is 23.9 Å². The smallest absolute Gasteiger partial charge is 0.356 e. The normalized spacial score (nSPS) is 13.8. The lowest BCUT2D eigenvalue weighted by atomic mass is 10.1. The van der Waals surface area contributed by atoms with Crippen LogP contribution in [0.3, 0.4) is 0 Å². The monoisotopic (exact) mass is 308 g/mol. The van der Waals surface area contributed by atoms with Crippen LogP contribution in [0.5, 0.6) is 11.5 Å². The molecular weight excluding hydrogens is 296 g/mol. The second-order valence-electron chi connectivity index (χ2n) is 4.65. The highest BCUT2D eigenvalue weighted by Gasteiger charge is 2.21. The van der Waals surface area contributed by atoms with E-state index in [4.69, 9.17) is 26.2 Å². The van der Waals surface area contributed by atoms with Gasteiger partial charge in [0, 0.05) is 19.0 Å². The molecule has 1 aromatic carbocycles. The Hall–Kier alpha value is -2.21. The number of nitrogens with zero attached hydrogens (tertiary/aromatic N) is 2. The number of hydrogen-bond acceptors (Lipinski definition) is 4. The molecule has 7 heteroatoms. The average Bonchev–Trinajstić information content (AvgIpc) is 2.69. The molecule has 21 heavy (non-hydrogen) atoms. The Balaban J connectivity index is 2.11. The lowest BCUT2D eigenvalue weighted by Crippen LogP contribution is -1.99. The molecule has 0 amide bonds. The van der Waals surface area contributed by atoms with Gasteiger partial charge in [0.2, 0.25) is 0 Å². The molecular formula is C14H13ClN2O4. The molecule has 1 aliphatic heterocycles. The van der Waals surface area contributed by atoms with Crippen molar-refractivity contribution in [2.75, 3.05) is 13.2 Å². The fourth-order valence-corrected chi connectivity index (χ4v) is 2.53. The molecule has 0 spiro atoms. The number of aromatic nitrogens is 2. The number of rotatable bonds is 2. The minimum absolute atomic E-state index is 0.0318. The molecule has 0 radical (unpaired) electrons. The first-order chi connectivity index (χ1) is 10.1. The molecule has 1 N–H and O–H groups in total. The van der Waals surface area contributed by atoms with Gasteiger partial charge in [-0.25, -0.2) is 4.79 Å². The SMILES string of the molecule is Cn1nc(C(=O)O)cc1-c1ccc2c(c1Cl)OCCCO2. The summed E-state index contributed by atoms with van der Waals surface area (Å²) in [5.41, 5.74) is 1.23. The third-order valence-electron chi connectivity index (χ3n) is 3.23. The van der Waals surface area contributed by atoms with E-state index in [1.807, 2.05) is 0 Å². The first-order valence-corrected chi connectivity index (χ1v) is 6.81. The van der Waals surface area contributed by atoms with E-state index in [-0.39, 0.29) is 5.69 Å². The van der Waals surface area contributed by atoms with Gasteiger partial charge in [-0.05, 0) is 18.2 Å². The maximum absolute atomic E-state index is 11.0. The highest BCUT2D eigenvalue weighted by atomic mass is 35.5. The van der Waals surface area contributed by atoms with Crippen molar-refractivity contribution in [3.8, 4) is 22.8 Å². The highest BCUT2D eigenvalue weighted by molar-refractivity contribution is 6.35. The first-order valence-electron chi connectivity index (χ1n) is 6.43. The summed E-state index contributed by atoms with van der Waals surface area (Å²) < 4.78 is 12.7. The predicted molar refractivity (Wildman–Crippen MR) is 76.2 cm³/mol. The van der Waals surface area contributed by atoms with Crippen molar-refractivity contribution in [2.45, 2.75) is 6.42 Å². The van der Waals surface area contributed by atoms with E-state index in [9.17, 15) is 4.79 Å². The number of carboxylic acids is 1. The third-order valence-corrected chi connectivity index (χ3v) is 3.60. The summed E-state index contributed by atoms with van der Waals surface area (Å²) >= 11 is 6.40. The van der Waals surface area contributed by atoms with Gasteiger partial charge in [-0.1, -0.05) is 11.6 Å². The standard InChI is InChI=1S/C14H13ClN2O4/c1-17-10(7-9(16-17)14(18)19)8-3-4-11-13(12(8)15)21-6-2-5-20-11/h3-4,7H,2,5-6H2,1H3,(H,18,19). The number of fused-ring (bicyclic) bond motifs is 1. The van der Waals surface area contributed by atoms with E-state index >= 15 is 0 Å². The molecule has 0 unspecified atom stereocenters. The van der Waals surface area contributed by atoms with Crippen LogP contribution in [0.2, 0.25) is 5.02 Å². The second-order valence-corrected chi connectivity index (χ2v) is 5.03. The zero-order chi connectivity index (χ0) is 15.0. The van der Waals surface area contributed by atoms with Crippen molar-refractivity contribution in [1.82, 2.24) is 9.78 Å². The fraction of sp³-hybridized carbons (Fsp3) is 0.286. The van der Waals surface area contributed by atoms with Crippen LogP contribution in [0, 0.1) is 0 Å². The average molecular weight is 309 g/mol. The van der Waals surface area contributed by atoms with Gasteiger partial charge < -0.3 is 14.6 Å². The fourth-order valence-electron chi connectivity index (χ4n) is 2.22. The van der Waals surface area contributed by atoms with E-state index < -0.39 is 5.97 Å². The van der Waals surface area contributed by atoms with Gasteiger partial charge in [0.25, 0.3) is 0 Å². The predicted octanol–water partition coefficient (Wildman–Crippen LogP) is 2.60. The molecule has 0 aliphatic carbocycles. The number of benzene rings is 1. The summed E-state index contributed by atoms with van der Waals surface area (Å²) in [4.78, 5) is 11.0. The van der Waals surface area contributed by atoms with Crippen LogP contribution in [0.4, 0.5) is 0 Å². The number of carboxylic acid groups (broad SMARTS) is 1. The zero-order valence-electron chi connectivity index (χ0n) is 11.3. The molecule has 2 heterocycles. The van der Waals surface area contributed by atoms with Crippen LogP contribution in [0.25, 0.3) is 11.3 Å². The van der Waals surface area contributed by atoms with Gasteiger partial charge in [0.1, 0.15) is 0 Å². The van der Waals surface area contributed by atoms with Gasteiger partial charge in [-0.15, -0.1) is 0 Å². The molecule has 0 saturated heterocycles. The minimum Gasteiger partial charge on any atom is -0.490 e. The Morgan fingerprint density at radius 2 is 2.14 bits per heavy atom. The summed E-state index contributed by atoms with van der Waals surface area (Å²) in [6.07, 6.45) is 0.787. The van der Waals surface area contributed by atoms with Crippen LogP contribution in [0.1, 0.15) is 16.9 Å². The number of halogens is 1. The summed E-state index contributed by atoms with van der Waals surface area (Å²) in [5.74, 6) is 0.00827. The van der Waals surface area contributed by atoms with Gasteiger partial charge in [-0.3, -0.25) is 4.68 Å². The van der Waals surface area contributed by atoms with E-state index in [1.54, 1.807) is 19.2 Å². The Kier molecular flexibility index (Phi) is 3.47. The van der Waals surface area contributed by atoms with Gasteiger partial charge >= 0.3 is 5.97 Å². The largest absolute Gasteiger partial charge is 0.490 e. The quantitative estimate of drug-likeness (QED) is 0.923. The molecule has 6 nitrogen and oxygen atoms in total. The molecule has 1 aromatic heterocycles. The summed E-state index contributed by atoms with van der Waals surface area (Å²) in [6, 6.07) is 5.03. The third kappa shape index (κ3) is 2.42. The Labute approximate surface area is 125 Å². The molecule has 110 valence electrons. The molecule has 3 rings (SSSR count). The van der Waals surface area contributed by atoms with Gasteiger partial charge in [0.15, 0.2) is 17.2 Å². The summed E-state index contributed by atoms with van der Waals surface area (Å²) in [7, 11) is 1.67. The van der Waals surface area contributed by atoms with Crippen molar-refractivity contribution in [3.05, 3.63) is 28.9 Å².